The molecule has 32 heavy (non-hydrogen) atoms. The van der Waals surface area contributed by atoms with E-state index >= 15 is 0 Å². The van der Waals surface area contributed by atoms with Crippen LogP contribution in [0, 0.1) is 11.8 Å². The summed E-state index contributed by atoms with van der Waals surface area (Å²) < 4.78 is 12.2. The molecule has 1 N–H and O–H groups in total. The van der Waals surface area contributed by atoms with Gasteiger partial charge in [0.15, 0.2) is 5.76 Å². The third-order valence-corrected chi connectivity index (χ3v) is 4.52. The molecule has 0 spiro atoms. The van der Waals surface area contributed by atoms with Gasteiger partial charge in [0.2, 0.25) is 5.88 Å². The Labute approximate surface area is 184 Å². The van der Waals surface area contributed by atoms with Crippen LogP contribution in [0.25, 0.3) is 11.3 Å². The Balaban J connectivity index is 1.43. The summed E-state index contributed by atoms with van der Waals surface area (Å²) in [7, 11) is 0. The van der Waals surface area contributed by atoms with Gasteiger partial charge < -0.3 is 18.9 Å². The van der Waals surface area contributed by atoms with Gasteiger partial charge in [-0.25, -0.2) is 9.97 Å². The Hall–Kier alpha value is -4.22. The van der Waals surface area contributed by atoms with Crippen LogP contribution in [0.5, 0.6) is 5.88 Å². The maximum absolute atomic E-state index is 10.9. The minimum atomic E-state index is -0.660. The number of aromatic nitrogens is 4. The summed E-state index contributed by atoms with van der Waals surface area (Å²) in [5.74, 6) is 7.15. The molecule has 0 aliphatic rings. The molecule has 0 unspecified atom stereocenters. The summed E-state index contributed by atoms with van der Waals surface area (Å²) >= 11 is 0. The van der Waals surface area contributed by atoms with E-state index in [1.807, 2.05) is 34.9 Å². The van der Waals surface area contributed by atoms with Gasteiger partial charge in [-0.1, -0.05) is 17.0 Å². The summed E-state index contributed by atoms with van der Waals surface area (Å²) in [6, 6.07) is 12.8. The number of rotatable bonds is 5. The van der Waals surface area contributed by atoms with E-state index in [-0.39, 0.29) is 5.88 Å². The number of aliphatic hydroxyl groups is 1. The highest BCUT2D eigenvalue weighted by Gasteiger charge is 2.12. The van der Waals surface area contributed by atoms with Crippen molar-refractivity contribution >= 4 is 5.97 Å². The predicted octanol–water partition coefficient (Wildman–Crippen LogP) is 3.36. The third-order valence-electron chi connectivity index (χ3n) is 4.52. The SMILES string of the molecule is CC(=O)Oc1ccc(C#Cc2ccc(-c3cc(Cn4ccnc4[C@H](C)O)no3)cc2)cn1. The molecule has 1 aromatic carbocycles. The zero-order chi connectivity index (χ0) is 22.5. The molecule has 0 amide bonds. The van der Waals surface area contributed by atoms with Crippen LogP contribution in [0.1, 0.15) is 42.6 Å². The van der Waals surface area contributed by atoms with E-state index in [2.05, 4.69) is 27.0 Å². The van der Waals surface area contributed by atoms with Gasteiger partial charge in [-0.3, -0.25) is 4.79 Å². The Morgan fingerprint density at radius 3 is 2.59 bits per heavy atom. The maximum atomic E-state index is 10.9. The van der Waals surface area contributed by atoms with E-state index in [9.17, 15) is 9.90 Å². The standard InChI is InChI=1S/C24H20N4O4/c1-16(29)24-25-11-12-28(24)15-21-13-22(32-27-21)20-8-5-18(6-9-20)3-4-19-7-10-23(26-14-19)31-17(2)30/h5-14,16,29H,15H2,1-2H3/t16-/m0/s1. The molecule has 0 radical (unpaired) electrons. The molecule has 0 bridgehead atoms. The molecule has 0 saturated heterocycles. The minimum absolute atomic E-state index is 0.244. The number of pyridine rings is 1. The van der Waals surface area contributed by atoms with Crippen LogP contribution >= 0.6 is 0 Å². The highest BCUT2D eigenvalue weighted by molar-refractivity contribution is 5.68. The first-order valence-corrected chi connectivity index (χ1v) is 9.89. The number of esters is 1. The van der Waals surface area contributed by atoms with Crippen molar-refractivity contribution in [2.75, 3.05) is 0 Å². The molecule has 3 aromatic heterocycles. The molecule has 4 rings (SSSR count). The van der Waals surface area contributed by atoms with Crippen LogP contribution in [0.3, 0.4) is 0 Å². The summed E-state index contributed by atoms with van der Waals surface area (Å²) in [4.78, 5) is 19.1. The number of hydrogen-bond donors (Lipinski definition) is 1. The zero-order valence-electron chi connectivity index (χ0n) is 17.5. The lowest BCUT2D eigenvalue weighted by atomic mass is 10.1. The average molecular weight is 428 g/mol. The van der Waals surface area contributed by atoms with E-state index in [1.54, 1.807) is 37.6 Å². The minimum Gasteiger partial charge on any atom is -0.408 e. The van der Waals surface area contributed by atoms with Gasteiger partial charge in [0.25, 0.3) is 0 Å². The second-order valence-corrected chi connectivity index (χ2v) is 7.08. The molecule has 160 valence electrons. The fourth-order valence-electron chi connectivity index (χ4n) is 3.04. The lowest BCUT2D eigenvalue weighted by Crippen LogP contribution is -2.07. The summed E-state index contributed by atoms with van der Waals surface area (Å²) in [6.07, 6.45) is 4.34. The lowest BCUT2D eigenvalue weighted by molar-refractivity contribution is -0.132. The molecule has 1 atom stereocenters. The van der Waals surface area contributed by atoms with Crippen molar-refractivity contribution in [1.82, 2.24) is 19.7 Å². The Kier molecular flexibility index (Phi) is 6.10. The van der Waals surface area contributed by atoms with Crippen molar-refractivity contribution in [2.45, 2.75) is 26.5 Å². The lowest BCUT2D eigenvalue weighted by Gasteiger charge is -2.07. The normalized spacial score (nSPS) is 11.5. The molecule has 0 fully saturated rings. The Bertz CT molecular complexity index is 1280. The molecular weight excluding hydrogens is 408 g/mol. The first-order chi connectivity index (χ1) is 15.5. The van der Waals surface area contributed by atoms with Gasteiger partial charge in [-0.2, -0.15) is 0 Å². The molecule has 0 aliphatic carbocycles. The fourth-order valence-corrected chi connectivity index (χ4v) is 3.04. The first kappa shape index (κ1) is 21.0. The van der Waals surface area contributed by atoms with Crippen molar-refractivity contribution in [3.63, 3.8) is 0 Å². The number of carbonyl (C=O) groups is 1. The largest absolute Gasteiger partial charge is 0.408 e. The number of nitrogens with zero attached hydrogens (tertiary/aromatic N) is 4. The fraction of sp³-hybridized carbons (Fsp3) is 0.167. The van der Waals surface area contributed by atoms with Gasteiger partial charge in [-0.05, 0) is 37.3 Å². The number of carbonyl (C=O) groups excluding carboxylic acids is 1. The van der Waals surface area contributed by atoms with E-state index in [1.165, 1.54) is 6.92 Å². The average Bonchev–Trinajstić information content (AvgIpc) is 3.43. The van der Waals surface area contributed by atoms with E-state index in [0.717, 1.165) is 16.8 Å². The molecule has 3 heterocycles. The quantitative estimate of drug-likeness (QED) is 0.384. The number of benzene rings is 1. The monoisotopic (exact) mass is 428 g/mol. The second-order valence-electron chi connectivity index (χ2n) is 7.08. The van der Waals surface area contributed by atoms with Crippen LogP contribution in [0.15, 0.2) is 65.6 Å². The van der Waals surface area contributed by atoms with Gasteiger partial charge in [-0.15, -0.1) is 0 Å². The van der Waals surface area contributed by atoms with Gasteiger partial charge in [0, 0.05) is 54.3 Å². The van der Waals surface area contributed by atoms with Gasteiger partial charge in [0.1, 0.15) is 17.6 Å². The number of aliphatic hydroxyl groups excluding tert-OH is 1. The second kappa shape index (κ2) is 9.29. The summed E-state index contributed by atoms with van der Waals surface area (Å²) in [6.45, 7) is 3.45. The highest BCUT2D eigenvalue weighted by Crippen LogP contribution is 2.22. The smallest absolute Gasteiger partial charge is 0.309 e. The van der Waals surface area contributed by atoms with Crippen LogP contribution in [0.4, 0.5) is 0 Å². The maximum Gasteiger partial charge on any atom is 0.309 e. The predicted molar refractivity (Wildman–Crippen MR) is 115 cm³/mol. The topological polar surface area (TPSA) is 103 Å². The first-order valence-electron chi connectivity index (χ1n) is 9.89. The molecule has 8 heteroatoms. The number of hydrogen-bond acceptors (Lipinski definition) is 7. The summed E-state index contributed by atoms with van der Waals surface area (Å²) in [5, 5.41) is 13.9. The van der Waals surface area contributed by atoms with Crippen LogP contribution in [-0.2, 0) is 11.3 Å². The van der Waals surface area contributed by atoms with Crippen molar-refractivity contribution in [3.05, 3.63) is 83.7 Å². The Morgan fingerprint density at radius 2 is 1.91 bits per heavy atom. The van der Waals surface area contributed by atoms with E-state index < -0.39 is 12.1 Å². The highest BCUT2D eigenvalue weighted by atomic mass is 16.5. The Morgan fingerprint density at radius 1 is 1.16 bits per heavy atom. The number of ether oxygens (including phenoxy) is 1. The molecule has 4 aromatic rings. The van der Waals surface area contributed by atoms with Crippen molar-refractivity contribution in [1.29, 1.82) is 0 Å². The molecule has 0 aliphatic heterocycles. The van der Waals surface area contributed by atoms with Crippen LogP contribution < -0.4 is 4.74 Å². The van der Waals surface area contributed by atoms with Crippen molar-refractivity contribution in [2.24, 2.45) is 0 Å². The van der Waals surface area contributed by atoms with Gasteiger partial charge in [0.05, 0.1) is 6.54 Å². The van der Waals surface area contributed by atoms with Crippen LogP contribution in [0.2, 0.25) is 0 Å². The molecule has 8 nitrogen and oxygen atoms in total. The van der Waals surface area contributed by atoms with Crippen molar-refractivity contribution in [3.8, 4) is 29.0 Å². The van der Waals surface area contributed by atoms with Crippen LogP contribution in [-0.4, -0.2) is 30.8 Å². The molecular formula is C24H20N4O4. The van der Waals surface area contributed by atoms with Gasteiger partial charge >= 0.3 is 5.97 Å². The number of imidazole rings is 1. The van der Waals surface area contributed by atoms with E-state index in [0.29, 0.717) is 23.7 Å². The third kappa shape index (κ3) is 5.09. The zero-order valence-corrected chi connectivity index (χ0v) is 17.5. The summed E-state index contributed by atoms with van der Waals surface area (Å²) in [5.41, 5.74) is 3.15. The molecule has 0 saturated carbocycles. The van der Waals surface area contributed by atoms with E-state index in [4.69, 9.17) is 9.26 Å². The van der Waals surface area contributed by atoms with Crippen molar-refractivity contribution < 1.29 is 19.2 Å².